The molecular formula is C16H11BrClNO. The molecule has 1 aromatic heterocycles. The molecule has 0 aliphatic rings. The van der Waals surface area contributed by atoms with Gasteiger partial charge in [-0.25, -0.2) is 0 Å². The molecule has 0 saturated carbocycles. The van der Waals surface area contributed by atoms with Crippen molar-refractivity contribution < 1.29 is 4.79 Å². The van der Waals surface area contributed by atoms with E-state index in [1.54, 1.807) is 18.3 Å². The van der Waals surface area contributed by atoms with Gasteiger partial charge in [-0.3, -0.25) is 4.79 Å². The van der Waals surface area contributed by atoms with Gasteiger partial charge in [0.15, 0.2) is 5.78 Å². The second-order valence-corrected chi connectivity index (χ2v) is 6.03. The Kier molecular flexibility index (Phi) is 3.40. The number of aromatic nitrogens is 1. The first-order valence-electron chi connectivity index (χ1n) is 6.14. The Bertz CT molecular complexity index is 822. The van der Waals surface area contributed by atoms with Crippen LogP contribution in [0.1, 0.15) is 21.5 Å². The van der Waals surface area contributed by atoms with Gasteiger partial charge in [0.25, 0.3) is 0 Å². The van der Waals surface area contributed by atoms with Crippen molar-refractivity contribution in [3.63, 3.8) is 0 Å². The molecule has 0 aliphatic carbocycles. The molecule has 20 heavy (non-hydrogen) atoms. The molecule has 0 spiro atoms. The molecule has 1 N–H and O–H groups in total. The summed E-state index contributed by atoms with van der Waals surface area (Å²) in [6.07, 6.45) is 1.74. The smallest absolute Gasteiger partial charge is 0.196 e. The maximum atomic E-state index is 12.7. The molecule has 3 rings (SSSR count). The van der Waals surface area contributed by atoms with Gasteiger partial charge < -0.3 is 4.98 Å². The number of hydrogen-bond acceptors (Lipinski definition) is 1. The highest BCUT2D eigenvalue weighted by Crippen LogP contribution is 2.27. The van der Waals surface area contributed by atoms with Crippen LogP contribution in [0, 0.1) is 6.92 Å². The molecule has 0 unspecified atom stereocenters. The van der Waals surface area contributed by atoms with E-state index in [-0.39, 0.29) is 5.78 Å². The Morgan fingerprint density at radius 1 is 1.15 bits per heavy atom. The molecule has 0 fully saturated rings. The van der Waals surface area contributed by atoms with Crippen LogP contribution in [0.2, 0.25) is 5.02 Å². The Hall–Kier alpha value is -1.58. The molecule has 2 aromatic carbocycles. The van der Waals surface area contributed by atoms with Gasteiger partial charge in [-0.1, -0.05) is 39.2 Å². The van der Waals surface area contributed by atoms with Crippen LogP contribution in [0.3, 0.4) is 0 Å². The van der Waals surface area contributed by atoms with Gasteiger partial charge in [0, 0.05) is 32.7 Å². The highest BCUT2D eigenvalue weighted by atomic mass is 79.9. The van der Waals surface area contributed by atoms with Crippen LogP contribution in [-0.2, 0) is 0 Å². The third-order valence-electron chi connectivity index (χ3n) is 3.25. The van der Waals surface area contributed by atoms with Crippen molar-refractivity contribution in [1.82, 2.24) is 4.98 Å². The van der Waals surface area contributed by atoms with Crippen molar-refractivity contribution in [3.8, 4) is 0 Å². The van der Waals surface area contributed by atoms with E-state index in [9.17, 15) is 4.79 Å². The maximum Gasteiger partial charge on any atom is 0.196 e. The highest BCUT2D eigenvalue weighted by Gasteiger charge is 2.17. The fraction of sp³-hybridized carbons (Fsp3) is 0.0625. The number of aryl methyl sites for hydroxylation is 1. The quantitative estimate of drug-likeness (QED) is 0.640. The second kappa shape index (κ2) is 5.08. The van der Waals surface area contributed by atoms with E-state index in [1.807, 2.05) is 31.2 Å². The standard InChI is InChI=1S/C16H11BrClNO/c1-9-2-5-15-11(6-9)13(8-19-15)16(20)12-7-10(17)3-4-14(12)18/h2-8,19H,1H3. The molecule has 0 aliphatic heterocycles. The molecule has 0 bridgehead atoms. The van der Waals surface area contributed by atoms with Gasteiger partial charge in [-0.15, -0.1) is 0 Å². The van der Waals surface area contributed by atoms with Gasteiger partial charge in [0.05, 0.1) is 5.02 Å². The lowest BCUT2D eigenvalue weighted by Crippen LogP contribution is -2.01. The molecule has 0 atom stereocenters. The first kappa shape index (κ1) is 13.4. The number of aromatic amines is 1. The van der Waals surface area contributed by atoms with Crippen molar-refractivity contribution >= 4 is 44.2 Å². The predicted octanol–water partition coefficient (Wildman–Crippen LogP) is 5.12. The van der Waals surface area contributed by atoms with Gasteiger partial charge in [0.2, 0.25) is 0 Å². The van der Waals surface area contributed by atoms with Crippen molar-refractivity contribution in [2.24, 2.45) is 0 Å². The molecule has 4 heteroatoms. The van der Waals surface area contributed by atoms with Crippen LogP contribution in [0.15, 0.2) is 47.1 Å². The van der Waals surface area contributed by atoms with Gasteiger partial charge in [-0.2, -0.15) is 0 Å². The summed E-state index contributed by atoms with van der Waals surface area (Å²) in [7, 11) is 0. The third-order valence-corrected chi connectivity index (χ3v) is 4.08. The number of H-pyrrole nitrogens is 1. The Morgan fingerprint density at radius 3 is 2.75 bits per heavy atom. The molecule has 1 heterocycles. The maximum absolute atomic E-state index is 12.7. The lowest BCUT2D eigenvalue weighted by molar-refractivity contribution is 0.104. The van der Waals surface area contributed by atoms with Crippen LogP contribution in [0.4, 0.5) is 0 Å². The second-order valence-electron chi connectivity index (χ2n) is 4.70. The molecule has 0 radical (unpaired) electrons. The molecule has 100 valence electrons. The molecule has 3 aromatic rings. The summed E-state index contributed by atoms with van der Waals surface area (Å²) in [6, 6.07) is 11.3. The fourth-order valence-electron chi connectivity index (χ4n) is 2.24. The first-order chi connectivity index (χ1) is 9.56. The summed E-state index contributed by atoms with van der Waals surface area (Å²) in [6.45, 7) is 2.01. The van der Waals surface area contributed by atoms with E-state index in [4.69, 9.17) is 11.6 Å². The van der Waals surface area contributed by atoms with Crippen LogP contribution < -0.4 is 0 Å². The molecular weight excluding hydrogens is 338 g/mol. The van der Waals surface area contributed by atoms with Crippen molar-refractivity contribution in [2.75, 3.05) is 0 Å². The van der Waals surface area contributed by atoms with Crippen LogP contribution in [0.5, 0.6) is 0 Å². The average molecular weight is 349 g/mol. The largest absolute Gasteiger partial charge is 0.360 e. The summed E-state index contributed by atoms with van der Waals surface area (Å²) in [5.41, 5.74) is 3.21. The first-order valence-corrected chi connectivity index (χ1v) is 7.31. The number of rotatable bonds is 2. The zero-order chi connectivity index (χ0) is 14.3. The Labute approximate surface area is 129 Å². The number of nitrogens with one attached hydrogen (secondary N) is 1. The minimum absolute atomic E-state index is 0.0758. The summed E-state index contributed by atoms with van der Waals surface area (Å²) in [5.74, 6) is -0.0758. The van der Waals surface area contributed by atoms with E-state index in [2.05, 4.69) is 20.9 Å². The van der Waals surface area contributed by atoms with E-state index in [0.29, 0.717) is 16.1 Å². The number of hydrogen-bond donors (Lipinski definition) is 1. The van der Waals surface area contributed by atoms with Crippen LogP contribution in [0.25, 0.3) is 10.9 Å². The summed E-state index contributed by atoms with van der Waals surface area (Å²) in [5, 5.41) is 1.38. The number of benzene rings is 2. The predicted molar refractivity (Wildman–Crippen MR) is 85.6 cm³/mol. The minimum Gasteiger partial charge on any atom is -0.360 e. The van der Waals surface area contributed by atoms with Crippen LogP contribution in [-0.4, -0.2) is 10.8 Å². The van der Waals surface area contributed by atoms with Gasteiger partial charge in [-0.05, 0) is 37.3 Å². The summed E-state index contributed by atoms with van der Waals surface area (Å²) < 4.78 is 0.835. The molecule has 0 saturated heterocycles. The number of halogens is 2. The van der Waals surface area contributed by atoms with Gasteiger partial charge in [0.1, 0.15) is 0 Å². The van der Waals surface area contributed by atoms with Crippen molar-refractivity contribution in [1.29, 1.82) is 0 Å². The van der Waals surface area contributed by atoms with E-state index >= 15 is 0 Å². The normalized spacial score (nSPS) is 10.9. The SMILES string of the molecule is Cc1ccc2[nH]cc(C(=O)c3cc(Br)ccc3Cl)c2c1. The Morgan fingerprint density at radius 2 is 1.95 bits per heavy atom. The molecule has 2 nitrogen and oxygen atoms in total. The lowest BCUT2D eigenvalue weighted by atomic mass is 10.0. The summed E-state index contributed by atoms with van der Waals surface area (Å²) >= 11 is 9.51. The van der Waals surface area contributed by atoms with Crippen molar-refractivity contribution in [3.05, 3.63) is 68.8 Å². The van der Waals surface area contributed by atoms with Crippen LogP contribution >= 0.6 is 27.5 Å². The number of ketones is 1. The van der Waals surface area contributed by atoms with E-state index in [0.717, 1.165) is 20.9 Å². The Balaban J connectivity index is 2.17. The lowest BCUT2D eigenvalue weighted by Gasteiger charge is -2.04. The monoisotopic (exact) mass is 347 g/mol. The highest BCUT2D eigenvalue weighted by molar-refractivity contribution is 9.10. The fourth-order valence-corrected chi connectivity index (χ4v) is 2.80. The number of carbonyl (C=O) groups is 1. The van der Waals surface area contributed by atoms with E-state index in [1.165, 1.54) is 0 Å². The minimum atomic E-state index is -0.0758. The number of fused-ring (bicyclic) bond motifs is 1. The number of carbonyl (C=O) groups excluding carboxylic acids is 1. The zero-order valence-electron chi connectivity index (χ0n) is 10.7. The third kappa shape index (κ3) is 2.28. The molecule has 0 amide bonds. The average Bonchev–Trinajstić information content (AvgIpc) is 2.83. The van der Waals surface area contributed by atoms with Gasteiger partial charge >= 0.3 is 0 Å². The zero-order valence-corrected chi connectivity index (χ0v) is 13.0. The topological polar surface area (TPSA) is 32.9 Å². The van der Waals surface area contributed by atoms with E-state index < -0.39 is 0 Å². The summed E-state index contributed by atoms with van der Waals surface area (Å²) in [4.78, 5) is 15.8. The van der Waals surface area contributed by atoms with Crippen molar-refractivity contribution in [2.45, 2.75) is 6.92 Å².